The van der Waals surface area contributed by atoms with Gasteiger partial charge in [-0.3, -0.25) is 0 Å². The number of nitrogens with one attached hydrogen (secondary N) is 1. The van der Waals surface area contributed by atoms with Crippen LogP contribution in [0.1, 0.15) is 29.2 Å². The number of hydrogen-bond donors (Lipinski definition) is 1. The van der Waals surface area contributed by atoms with Gasteiger partial charge in [0, 0.05) is 32.2 Å². The van der Waals surface area contributed by atoms with E-state index in [9.17, 15) is 0 Å². The largest absolute Gasteiger partial charge is 0.365 e. The maximum atomic E-state index is 6.20. The van der Waals surface area contributed by atoms with Crippen molar-refractivity contribution >= 4 is 19.4 Å². The number of rotatable bonds is 8. The Morgan fingerprint density at radius 1 is 1.00 bits per heavy atom. The van der Waals surface area contributed by atoms with Crippen LogP contribution in [0.4, 0.5) is 0 Å². The smallest absolute Gasteiger partial charge is 0.117 e. The molecule has 0 amide bonds. The van der Waals surface area contributed by atoms with Crippen molar-refractivity contribution in [2.75, 3.05) is 13.3 Å². The summed E-state index contributed by atoms with van der Waals surface area (Å²) in [5.41, 5.74) is 10.2. The van der Waals surface area contributed by atoms with Gasteiger partial charge in [0.15, 0.2) is 0 Å². The van der Waals surface area contributed by atoms with Gasteiger partial charge in [-0.1, -0.05) is 92.5 Å². The highest BCUT2D eigenvalue weighted by Gasteiger charge is 2.42. The van der Waals surface area contributed by atoms with Crippen molar-refractivity contribution < 1.29 is 4.74 Å². The third kappa shape index (κ3) is 4.71. The monoisotopic (exact) mass is 486 g/mol. The highest BCUT2D eigenvalue weighted by molar-refractivity contribution is 7.08. The number of hydrazine groups is 1. The zero-order chi connectivity index (χ0) is 23.6. The third-order valence-corrected chi connectivity index (χ3v) is 9.31. The van der Waals surface area contributed by atoms with E-state index in [4.69, 9.17) is 4.74 Å². The fourth-order valence-corrected chi connectivity index (χ4v) is 6.45. The van der Waals surface area contributed by atoms with Gasteiger partial charge in [0.05, 0.1) is 6.04 Å². The number of hydrogen-bond acceptors (Lipinski definition) is 4. The van der Waals surface area contributed by atoms with Gasteiger partial charge in [0.2, 0.25) is 0 Å². The summed E-state index contributed by atoms with van der Waals surface area (Å²) in [6, 6.07) is 25.4. The quantitative estimate of drug-likeness (QED) is 0.271. The summed E-state index contributed by atoms with van der Waals surface area (Å²) in [6.45, 7) is 8.60. The summed E-state index contributed by atoms with van der Waals surface area (Å²) >= 11 is 1.76. The average Bonchev–Trinajstić information content (AvgIpc) is 3.49. The van der Waals surface area contributed by atoms with Crippen LogP contribution >= 0.6 is 11.3 Å². The first kappa shape index (κ1) is 23.3. The number of ether oxygens (including phenoxy) is 1. The van der Waals surface area contributed by atoms with E-state index in [0.29, 0.717) is 6.73 Å². The summed E-state index contributed by atoms with van der Waals surface area (Å²) in [4.78, 5) is 0. The van der Waals surface area contributed by atoms with E-state index in [0.717, 1.165) is 13.0 Å². The molecule has 0 fully saturated rings. The number of nitrogens with zero attached hydrogens (tertiary/aromatic N) is 1. The maximum Gasteiger partial charge on any atom is 0.117 e. The molecule has 5 heteroatoms. The van der Waals surface area contributed by atoms with Crippen LogP contribution < -0.4 is 5.43 Å². The molecule has 1 aliphatic heterocycles. The highest BCUT2D eigenvalue weighted by atomic mass is 32.1. The summed E-state index contributed by atoms with van der Waals surface area (Å²) in [7, 11) is -1.11. The molecular formula is C29H34N2OSSi. The van der Waals surface area contributed by atoms with Crippen LogP contribution in [-0.2, 0) is 10.2 Å². The van der Waals surface area contributed by atoms with Crippen molar-refractivity contribution in [2.24, 2.45) is 0 Å². The second-order valence-corrected chi connectivity index (χ2v) is 16.9. The second kappa shape index (κ2) is 9.66. The molecule has 0 saturated heterocycles. The first-order valence-corrected chi connectivity index (χ1v) is 16.8. The summed E-state index contributed by atoms with van der Waals surface area (Å²) < 4.78 is 6.20. The molecule has 2 aromatic carbocycles. The predicted octanol–water partition coefficient (Wildman–Crippen LogP) is 7.12. The van der Waals surface area contributed by atoms with Crippen molar-refractivity contribution in [1.29, 1.82) is 0 Å². The van der Waals surface area contributed by atoms with E-state index in [1.807, 2.05) is 0 Å². The SMILES string of the molecule is C[Si](C)(C)CCOCN1NC2=C(C=CC(c3ccccc3)(c3ccccc3)C2)C1c1ccsc1. The van der Waals surface area contributed by atoms with Crippen LogP contribution in [0.5, 0.6) is 0 Å². The molecule has 0 spiro atoms. The maximum absolute atomic E-state index is 6.20. The molecule has 1 N–H and O–H groups in total. The minimum atomic E-state index is -1.11. The lowest BCUT2D eigenvalue weighted by atomic mass is 9.68. The van der Waals surface area contributed by atoms with E-state index < -0.39 is 8.07 Å². The van der Waals surface area contributed by atoms with Crippen LogP contribution in [0, 0.1) is 0 Å². The molecule has 0 radical (unpaired) electrons. The van der Waals surface area contributed by atoms with Gasteiger partial charge in [0.1, 0.15) is 6.73 Å². The molecule has 0 bridgehead atoms. The Labute approximate surface area is 208 Å². The number of benzene rings is 2. The second-order valence-electron chi connectivity index (χ2n) is 10.5. The van der Waals surface area contributed by atoms with Gasteiger partial charge in [-0.15, -0.1) is 0 Å². The first-order valence-electron chi connectivity index (χ1n) is 12.1. The van der Waals surface area contributed by atoms with Crippen LogP contribution in [0.2, 0.25) is 25.7 Å². The zero-order valence-electron chi connectivity index (χ0n) is 20.3. The Morgan fingerprint density at radius 3 is 2.26 bits per heavy atom. The van der Waals surface area contributed by atoms with Gasteiger partial charge in [-0.05, 0) is 45.1 Å². The molecule has 2 heterocycles. The summed E-state index contributed by atoms with van der Waals surface area (Å²) in [5, 5.41) is 6.72. The van der Waals surface area contributed by atoms with Gasteiger partial charge >= 0.3 is 0 Å². The molecule has 34 heavy (non-hydrogen) atoms. The normalized spacial score (nSPS) is 19.8. The van der Waals surface area contributed by atoms with Crippen molar-refractivity contribution in [3.8, 4) is 0 Å². The van der Waals surface area contributed by atoms with Gasteiger partial charge in [0.25, 0.3) is 0 Å². The zero-order valence-corrected chi connectivity index (χ0v) is 22.1. The lowest BCUT2D eigenvalue weighted by Crippen LogP contribution is -2.38. The summed E-state index contributed by atoms with van der Waals surface area (Å²) in [6.07, 6.45) is 5.68. The van der Waals surface area contributed by atoms with Crippen molar-refractivity contribution in [3.05, 3.63) is 118 Å². The Balaban J connectivity index is 1.45. The van der Waals surface area contributed by atoms with Crippen molar-refractivity contribution in [2.45, 2.75) is 43.6 Å². The topological polar surface area (TPSA) is 24.5 Å². The number of allylic oxidation sites excluding steroid dienone is 2. The molecule has 0 saturated carbocycles. The molecule has 3 aromatic rings. The summed E-state index contributed by atoms with van der Waals surface area (Å²) in [5.74, 6) is 0. The molecule has 1 atom stereocenters. The van der Waals surface area contributed by atoms with Crippen LogP contribution in [-0.4, -0.2) is 26.4 Å². The molecule has 2 aliphatic rings. The van der Waals surface area contributed by atoms with E-state index in [2.05, 4.69) is 120 Å². The molecule has 1 aliphatic carbocycles. The Morgan fingerprint density at radius 2 is 1.68 bits per heavy atom. The molecule has 5 rings (SSSR count). The highest BCUT2D eigenvalue weighted by Crippen LogP contribution is 2.48. The fourth-order valence-electron chi connectivity index (χ4n) is 5.01. The van der Waals surface area contributed by atoms with E-state index in [1.165, 1.54) is 34.0 Å². The predicted molar refractivity (Wildman–Crippen MR) is 145 cm³/mol. The lowest BCUT2D eigenvalue weighted by molar-refractivity contribution is 0.00232. The Bertz CT molecular complexity index is 1110. The van der Waals surface area contributed by atoms with Gasteiger partial charge < -0.3 is 10.2 Å². The Kier molecular flexibility index (Phi) is 6.62. The lowest BCUT2D eigenvalue weighted by Gasteiger charge is -2.35. The minimum Gasteiger partial charge on any atom is -0.365 e. The van der Waals surface area contributed by atoms with Gasteiger partial charge in [-0.25, -0.2) is 0 Å². The van der Waals surface area contributed by atoms with E-state index in [1.54, 1.807) is 11.3 Å². The van der Waals surface area contributed by atoms with E-state index in [-0.39, 0.29) is 11.5 Å². The number of thiophene rings is 1. The molecule has 3 nitrogen and oxygen atoms in total. The molecular weight excluding hydrogens is 452 g/mol. The van der Waals surface area contributed by atoms with Crippen molar-refractivity contribution in [3.63, 3.8) is 0 Å². The average molecular weight is 487 g/mol. The molecule has 1 unspecified atom stereocenters. The van der Waals surface area contributed by atoms with Crippen LogP contribution in [0.3, 0.4) is 0 Å². The Hall–Kier alpha value is -2.44. The van der Waals surface area contributed by atoms with Gasteiger partial charge in [-0.2, -0.15) is 16.3 Å². The van der Waals surface area contributed by atoms with Crippen molar-refractivity contribution in [1.82, 2.24) is 10.4 Å². The van der Waals surface area contributed by atoms with Crippen LogP contribution in [0.15, 0.2) is 101 Å². The fraction of sp³-hybridized carbons (Fsp3) is 0.310. The molecule has 176 valence electrons. The minimum absolute atomic E-state index is 0.175. The third-order valence-electron chi connectivity index (χ3n) is 6.90. The van der Waals surface area contributed by atoms with E-state index >= 15 is 0 Å². The first-order chi connectivity index (χ1) is 16.5. The van der Waals surface area contributed by atoms with Crippen LogP contribution in [0.25, 0.3) is 0 Å². The standard InChI is InChI=1S/C29H34N2OSSi/c1-34(2,3)19-17-32-22-31-28(23-15-18-33-21-23)26-14-16-29(20-27(26)30-31,24-10-6-4-7-11-24)25-12-8-5-9-13-25/h4-16,18,21,28,30H,17,19-20,22H2,1-3H3. The molecule has 1 aromatic heterocycles.